The number of piperazine rings is 1. The number of nitrogens with zero attached hydrogens (tertiary/aromatic N) is 1. The molecule has 1 saturated heterocycles. The smallest absolute Gasteiger partial charge is 0.314 e. The summed E-state index contributed by atoms with van der Waals surface area (Å²) in [4.78, 5) is 2.02. The Hall–Kier alpha value is -0.310. The van der Waals surface area contributed by atoms with Crippen molar-refractivity contribution in [3.8, 4) is 0 Å². The fraction of sp³-hybridized carbons (Fsp3) is 1.00. The van der Waals surface area contributed by atoms with Crippen molar-refractivity contribution in [2.45, 2.75) is 5.76 Å². The Balaban J connectivity index is 2.20. The molecule has 1 aliphatic heterocycles. The maximum Gasteiger partial charge on any atom is 0.350 e. The third kappa shape index (κ3) is 4.37. The van der Waals surface area contributed by atoms with Crippen LogP contribution < -0.4 is 10.0 Å². The second-order valence-electron chi connectivity index (χ2n) is 3.29. The Morgan fingerprint density at radius 2 is 1.93 bits per heavy atom. The standard InChI is InChI=1S/C7H15F2N3O2S/c8-7(9)15(13,14)11-3-6-12-4-1-10-2-5-12/h7,10-11H,1-6H2. The number of sulfonamides is 1. The van der Waals surface area contributed by atoms with E-state index >= 15 is 0 Å². The summed E-state index contributed by atoms with van der Waals surface area (Å²) in [6, 6.07) is 0. The molecule has 0 aliphatic carbocycles. The first-order valence-electron chi connectivity index (χ1n) is 4.72. The Morgan fingerprint density at radius 1 is 1.33 bits per heavy atom. The molecule has 1 fully saturated rings. The van der Waals surface area contributed by atoms with Gasteiger partial charge in [-0.2, -0.15) is 8.78 Å². The Kier molecular flexibility index (Phi) is 4.84. The van der Waals surface area contributed by atoms with Crippen molar-refractivity contribution >= 4 is 10.0 Å². The van der Waals surface area contributed by atoms with Gasteiger partial charge in [0.1, 0.15) is 0 Å². The lowest BCUT2D eigenvalue weighted by atomic mass is 10.3. The third-order valence-electron chi connectivity index (χ3n) is 2.18. The molecule has 0 atom stereocenters. The highest BCUT2D eigenvalue weighted by atomic mass is 32.2. The van der Waals surface area contributed by atoms with Crippen molar-refractivity contribution in [3.63, 3.8) is 0 Å². The van der Waals surface area contributed by atoms with Gasteiger partial charge in [0.05, 0.1) is 0 Å². The first-order valence-corrected chi connectivity index (χ1v) is 6.27. The number of alkyl halides is 2. The van der Waals surface area contributed by atoms with Crippen LogP contribution in [0, 0.1) is 0 Å². The number of halogens is 2. The van der Waals surface area contributed by atoms with Crippen molar-refractivity contribution in [1.82, 2.24) is 14.9 Å². The summed E-state index contributed by atoms with van der Waals surface area (Å²) in [5.41, 5.74) is 0. The topological polar surface area (TPSA) is 61.4 Å². The van der Waals surface area contributed by atoms with E-state index < -0.39 is 15.8 Å². The molecule has 0 aromatic carbocycles. The van der Waals surface area contributed by atoms with Crippen LogP contribution in [-0.2, 0) is 10.0 Å². The lowest BCUT2D eigenvalue weighted by Gasteiger charge is -2.26. The van der Waals surface area contributed by atoms with Gasteiger partial charge in [0, 0.05) is 39.3 Å². The van der Waals surface area contributed by atoms with Crippen molar-refractivity contribution in [2.24, 2.45) is 0 Å². The van der Waals surface area contributed by atoms with Gasteiger partial charge in [-0.1, -0.05) is 0 Å². The van der Waals surface area contributed by atoms with Gasteiger partial charge in [-0.25, -0.2) is 13.1 Å². The zero-order valence-electron chi connectivity index (χ0n) is 8.25. The van der Waals surface area contributed by atoms with Crippen molar-refractivity contribution in [3.05, 3.63) is 0 Å². The van der Waals surface area contributed by atoms with Crippen LogP contribution in [0.4, 0.5) is 8.78 Å². The first-order chi connectivity index (χ1) is 7.02. The monoisotopic (exact) mass is 243 g/mol. The second kappa shape index (κ2) is 5.69. The molecule has 1 aliphatic rings. The highest BCUT2D eigenvalue weighted by molar-refractivity contribution is 7.89. The van der Waals surface area contributed by atoms with E-state index in [1.54, 1.807) is 0 Å². The van der Waals surface area contributed by atoms with Crippen LogP contribution in [0.1, 0.15) is 0 Å². The molecule has 1 heterocycles. The van der Waals surface area contributed by atoms with E-state index in [1.807, 2.05) is 9.62 Å². The van der Waals surface area contributed by atoms with Crippen LogP contribution in [0.25, 0.3) is 0 Å². The normalized spacial score (nSPS) is 19.7. The SMILES string of the molecule is O=S(=O)(NCCN1CCNCC1)C(F)F. The molecular weight excluding hydrogens is 228 g/mol. The maximum atomic E-state index is 11.9. The molecule has 0 unspecified atom stereocenters. The molecule has 8 heteroatoms. The van der Waals surface area contributed by atoms with E-state index in [1.165, 1.54) is 0 Å². The van der Waals surface area contributed by atoms with E-state index in [0.717, 1.165) is 26.2 Å². The number of hydrogen-bond acceptors (Lipinski definition) is 4. The summed E-state index contributed by atoms with van der Waals surface area (Å²) in [5.74, 6) is -3.35. The van der Waals surface area contributed by atoms with Gasteiger partial charge >= 0.3 is 5.76 Å². The molecule has 0 radical (unpaired) electrons. The molecule has 0 amide bonds. The quantitative estimate of drug-likeness (QED) is 0.652. The number of rotatable bonds is 5. The molecule has 0 aromatic heterocycles. The summed E-state index contributed by atoms with van der Waals surface area (Å²) < 4.78 is 47.0. The highest BCUT2D eigenvalue weighted by Crippen LogP contribution is 2.01. The van der Waals surface area contributed by atoms with Crippen molar-refractivity contribution in [1.29, 1.82) is 0 Å². The van der Waals surface area contributed by atoms with Crippen LogP contribution in [0.15, 0.2) is 0 Å². The lowest BCUT2D eigenvalue weighted by Crippen LogP contribution is -2.46. The van der Waals surface area contributed by atoms with Gasteiger partial charge in [-0.15, -0.1) is 0 Å². The van der Waals surface area contributed by atoms with Crippen LogP contribution in [-0.4, -0.2) is 58.3 Å². The minimum absolute atomic E-state index is 0.0344. The predicted octanol–water partition coefficient (Wildman–Crippen LogP) is -0.966. The van der Waals surface area contributed by atoms with Gasteiger partial charge in [0.25, 0.3) is 10.0 Å². The van der Waals surface area contributed by atoms with Gasteiger partial charge in [-0.05, 0) is 0 Å². The number of nitrogens with one attached hydrogen (secondary N) is 2. The number of hydrogen-bond donors (Lipinski definition) is 2. The summed E-state index contributed by atoms with van der Waals surface area (Å²) in [6.07, 6.45) is 0. The molecule has 5 nitrogen and oxygen atoms in total. The third-order valence-corrected chi connectivity index (χ3v) is 3.25. The maximum absolute atomic E-state index is 11.9. The first kappa shape index (κ1) is 12.8. The second-order valence-corrected chi connectivity index (χ2v) is 5.03. The molecule has 90 valence electrons. The Morgan fingerprint density at radius 3 is 2.47 bits per heavy atom. The van der Waals surface area contributed by atoms with E-state index in [0.29, 0.717) is 6.54 Å². The van der Waals surface area contributed by atoms with Crippen LogP contribution in [0.5, 0.6) is 0 Å². The van der Waals surface area contributed by atoms with Crippen LogP contribution in [0.2, 0.25) is 0 Å². The van der Waals surface area contributed by atoms with Crippen LogP contribution >= 0.6 is 0 Å². The van der Waals surface area contributed by atoms with Crippen molar-refractivity contribution in [2.75, 3.05) is 39.3 Å². The molecule has 0 aromatic rings. The van der Waals surface area contributed by atoms with E-state index in [9.17, 15) is 17.2 Å². The fourth-order valence-electron chi connectivity index (χ4n) is 1.34. The van der Waals surface area contributed by atoms with E-state index in [2.05, 4.69) is 5.32 Å². The Labute approximate surface area is 87.9 Å². The molecule has 1 rings (SSSR count). The highest BCUT2D eigenvalue weighted by Gasteiger charge is 2.23. The summed E-state index contributed by atoms with van der Waals surface area (Å²) in [6.45, 7) is 3.83. The average molecular weight is 243 g/mol. The largest absolute Gasteiger partial charge is 0.350 e. The van der Waals surface area contributed by atoms with Crippen LogP contribution in [0.3, 0.4) is 0 Å². The molecule has 0 bridgehead atoms. The average Bonchev–Trinajstić information content (AvgIpc) is 2.19. The molecule has 0 saturated carbocycles. The predicted molar refractivity (Wildman–Crippen MR) is 52.2 cm³/mol. The van der Waals surface area contributed by atoms with E-state index in [4.69, 9.17) is 0 Å². The van der Waals surface area contributed by atoms with Gasteiger partial charge in [0.15, 0.2) is 0 Å². The van der Waals surface area contributed by atoms with Crippen molar-refractivity contribution < 1.29 is 17.2 Å². The minimum Gasteiger partial charge on any atom is -0.314 e. The Bertz CT molecular complexity index is 278. The summed E-state index contributed by atoms with van der Waals surface area (Å²) in [7, 11) is -4.42. The molecule has 15 heavy (non-hydrogen) atoms. The van der Waals surface area contributed by atoms with Gasteiger partial charge in [0.2, 0.25) is 0 Å². The summed E-state index contributed by atoms with van der Waals surface area (Å²) in [5, 5.41) is 3.14. The molecular formula is C7H15F2N3O2S. The summed E-state index contributed by atoms with van der Waals surface area (Å²) >= 11 is 0. The molecule has 2 N–H and O–H groups in total. The van der Waals surface area contributed by atoms with E-state index in [-0.39, 0.29) is 6.54 Å². The van der Waals surface area contributed by atoms with Gasteiger partial charge < -0.3 is 5.32 Å². The zero-order chi connectivity index (χ0) is 11.3. The zero-order valence-corrected chi connectivity index (χ0v) is 9.06. The molecule has 0 spiro atoms. The lowest BCUT2D eigenvalue weighted by molar-refractivity contribution is 0.228. The fourth-order valence-corrected chi connectivity index (χ4v) is 1.85. The minimum atomic E-state index is -4.42. The van der Waals surface area contributed by atoms with Gasteiger partial charge in [-0.3, -0.25) is 4.90 Å².